The predicted octanol–water partition coefficient (Wildman–Crippen LogP) is -0.172. The molecule has 7 heteroatoms. The Kier molecular flexibility index (Phi) is 1.98. The average Bonchev–Trinajstić information content (AvgIpc) is 2.65. The van der Waals surface area contributed by atoms with E-state index < -0.39 is 5.56 Å². The number of methoxy groups -OCH3 is 1. The van der Waals surface area contributed by atoms with E-state index in [1.807, 2.05) is 0 Å². The van der Waals surface area contributed by atoms with Gasteiger partial charge < -0.3 is 4.74 Å². The van der Waals surface area contributed by atoms with E-state index >= 15 is 0 Å². The standard InChI is InChI=1S/C7H6N4O3/c1-13-5-3-2-4(8-9-5)6-7(12)11-14-10-6/h2-3H,1H3,(H,11,12). The molecule has 2 aromatic rings. The first kappa shape index (κ1) is 8.42. The van der Waals surface area contributed by atoms with Crippen LogP contribution in [0.25, 0.3) is 11.4 Å². The number of ether oxygens (including phenoxy) is 1. The van der Waals surface area contributed by atoms with Crippen LogP contribution in [0, 0.1) is 0 Å². The van der Waals surface area contributed by atoms with Crippen LogP contribution in [0.2, 0.25) is 0 Å². The van der Waals surface area contributed by atoms with Gasteiger partial charge in [0.2, 0.25) is 11.6 Å². The van der Waals surface area contributed by atoms with E-state index in [0.29, 0.717) is 11.6 Å². The molecule has 0 radical (unpaired) electrons. The number of rotatable bonds is 2. The van der Waals surface area contributed by atoms with E-state index in [1.165, 1.54) is 7.11 Å². The second kappa shape index (κ2) is 3.29. The summed E-state index contributed by atoms with van der Waals surface area (Å²) in [6, 6.07) is 3.15. The van der Waals surface area contributed by atoms with Crippen molar-refractivity contribution in [2.45, 2.75) is 0 Å². The Labute approximate surface area is 77.7 Å². The van der Waals surface area contributed by atoms with Crippen LogP contribution >= 0.6 is 0 Å². The Morgan fingerprint density at radius 1 is 1.43 bits per heavy atom. The number of nitrogens with zero attached hydrogens (tertiary/aromatic N) is 3. The highest BCUT2D eigenvalue weighted by molar-refractivity contribution is 5.50. The number of H-pyrrole nitrogens is 1. The van der Waals surface area contributed by atoms with Crippen LogP contribution < -0.4 is 10.3 Å². The van der Waals surface area contributed by atoms with Gasteiger partial charge in [0.25, 0.3) is 0 Å². The molecular formula is C7H6N4O3. The highest BCUT2D eigenvalue weighted by Gasteiger charge is 2.09. The lowest BCUT2D eigenvalue weighted by molar-refractivity contribution is 0.305. The minimum absolute atomic E-state index is 0.0974. The lowest BCUT2D eigenvalue weighted by Crippen LogP contribution is -2.03. The van der Waals surface area contributed by atoms with E-state index in [-0.39, 0.29) is 5.69 Å². The number of hydrogen-bond donors (Lipinski definition) is 1. The van der Waals surface area contributed by atoms with Crippen molar-refractivity contribution in [2.75, 3.05) is 7.11 Å². The van der Waals surface area contributed by atoms with Crippen molar-refractivity contribution in [3.63, 3.8) is 0 Å². The van der Waals surface area contributed by atoms with Crippen LogP contribution in [-0.2, 0) is 0 Å². The van der Waals surface area contributed by atoms with E-state index in [1.54, 1.807) is 12.1 Å². The van der Waals surface area contributed by atoms with Crippen LogP contribution in [-0.4, -0.2) is 27.6 Å². The van der Waals surface area contributed by atoms with Crippen molar-refractivity contribution in [3.05, 3.63) is 22.5 Å². The van der Waals surface area contributed by atoms with Crippen LogP contribution in [0.15, 0.2) is 21.6 Å². The summed E-state index contributed by atoms with van der Waals surface area (Å²) in [5, 5.41) is 12.9. The molecule has 0 saturated heterocycles. The summed E-state index contributed by atoms with van der Waals surface area (Å²) in [5.41, 5.74) is -0.00887. The van der Waals surface area contributed by atoms with E-state index in [9.17, 15) is 4.79 Å². The van der Waals surface area contributed by atoms with Crippen LogP contribution in [0.3, 0.4) is 0 Å². The highest BCUT2D eigenvalue weighted by atomic mass is 16.6. The Morgan fingerprint density at radius 2 is 2.29 bits per heavy atom. The molecule has 0 unspecified atom stereocenters. The Morgan fingerprint density at radius 3 is 2.79 bits per heavy atom. The summed E-state index contributed by atoms with van der Waals surface area (Å²) in [4.78, 5) is 11.1. The van der Waals surface area contributed by atoms with Gasteiger partial charge in [-0.25, -0.2) is 0 Å². The molecule has 2 rings (SSSR count). The van der Waals surface area contributed by atoms with Gasteiger partial charge in [-0.05, 0) is 11.2 Å². The SMILES string of the molecule is COc1ccc(-c2no[nH]c2=O)nn1. The lowest BCUT2D eigenvalue weighted by Gasteiger charge is -1.95. The summed E-state index contributed by atoms with van der Waals surface area (Å²) in [6.07, 6.45) is 0. The second-order valence-electron chi connectivity index (χ2n) is 2.42. The molecule has 2 aromatic heterocycles. The molecule has 72 valence electrons. The molecule has 0 aliphatic carbocycles. The van der Waals surface area contributed by atoms with Gasteiger partial charge in [0.1, 0.15) is 5.69 Å². The predicted molar refractivity (Wildman–Crippen MR) is 44.7 cm³/mol. The van der Waals surface area contributed by atoms with Crippen molar-refractivity contribution in [3.8, 4) is 17.3 Å². The fourth-order valence-corrected chi connectivity index (χ4v) is 0.918. The first-order valence-corrected chi connectivity index (χ1v) is 3.73. The van der Waals surface area contributed by atoms with Crippen molar-refractivity contribution in [1.29, 1.82) is 0 Å². The number of nitrogens with one attached hydrogen (secondary N) is 1. The molecule has 14 heavy (non-hydrogen) atoms. The first-order valence-electron chi connectivity index (χ1n) is 3.73. The Hall–Kier alpha value is -2.18. The maximum absolute atomic E-state index is 11.1. The molecule has 0 spiro atoms. The Balaban J connectivity index is 2.44. The number of aromatic amines is 1. The second-order valence-corrected chi connectivity index (χ2v) is 2.42. The summed E-state index contributed by atoms with van der Waals surface area (Å²) in [6.45, 7) is 0. The topological polar surface area (TPSA) is 93.9 Å². The fourth-order valence-electron chi connectivity index (χ4n) is 0.918. The van der Waals surface area contributed by atoms with E-state index in [4.69, 9.17) is 4.74 Å². The van der Waals surface area contributed by atoms with Gasteiger partial charge in [-0.15, -0.1) is 10.2 Å². The average molecular weight is 194 g/mol. The largest absolute Gasteiger partial charge is 0.480 e. The molecule has 0 aliphatic heterocycles. The number of aromatic nitrogens is 4. The molecule has 0 fully saturated rings. The minimum atomic E-state index is -0.440. The fraction of sp³-hybridized carbons (Fsp3) is 0.143. The third-order valence-corrected chi connectivity index (χ3v) is 1.58. The van der Waals surface area contributed by atoms with Crippen LogP contribution in [0.1, 0.15) is 0 Å². The quantitative estimate of drug-likeness (QED) is 0.713. The smallest absolute Gasteiger partial charge is 0.310 e. The van der Waals surface area contributed by atoms with Crippen molar-refractivity contribution >= 4 is 0 Å². The van der Waals surface area contributed by atoms with Gasteiger partial charge in [-0.1, -0.05) is 0 Å². The summed E-state index contributed by atoms with van der Waals surface area (Å²) >= 11 is 0. The molecule has 0 atom stereocenters. The maximum Gasteiger partial charge on any atom is 0.310 e. The zero-order chi connectivity index (χ0) is 9.97. The van der Waals surface area contributed by atoms with E-state index in [0.717, 1.165) is 0 Å². The molecule has 0 aliphatic rings. The van der Waals surface area contributed by atoms with Crippen LogP contribution in [0.4, 0.5) is 0 Å². The van der Waals surface area contributed by atoms with Crippen LogP contribution in [0.5, 0.6) is 5.88 Å². The summed E-state index contributed by atoms with van der Waals surface area (Å²) in [7, 11) is 1.48. The Bertz CT molecular complexity index is 472. The van der Waals surface area contributed by atoms with E-state index in [2.05, 4.69) is 25.1 Å². The molecule has 0 saturated carbocycles. The van der Waals surface area contributed by atoms with Gasteiger partial charge in [0, 0.05) is 6.07 Å². The monoisotopic (exact) mass is 194 g/mol. The molecule has 7 nitrogen and oxygen atoms in total. The van der Waals surface area contributed by atoms with Crippen molar-refractivity contribution in [2.24, 2.45) is 0 Å². The van der Waals surface area contributed by atoms with Gasteiger partial charge in [0.15, 0.2) is 0 Å². The molecule has 0 amide bonds. The van der Waals surface area contributed by atoms with Gasteiger partial charge in [-0.3, -0.25) is 9.42 Å². The summed E-state index contributed by atoms with van der Waals surface area (Å²) in [5.74, 6) is 0.369. The van der Waals surface area contributed by atoms with Gasteiger partial charge in [-0.2, -0.15) is 5.16 Å². The maximum atomic E-state index is 11.1. The molecular weight excluding hydrogens is 188 g/mol. The first-order chi connectivity index (χ1) is 6.81. The van der Waals surface area contributed by atoms with Gasteiger partial charge >= 0.3 is 5.56 Å². The highest BCUT2D eigenvalue weighted by Crippen LogP contribution is 2.10. The molecule has 2 heterocycles. The van der Waals surface area contributed by atoms with Crippen molar-refractivity contribution in [1.82, 2.24) is 20.5 Å². The zero-order valence-electron chi connectivity index (χ0n) is 7.22. The summed E-state index contributed by atoms with van der Waals surface area (Å²) < 4.78 is 9.18. The lowest BCUT2D eigenvalue weighted by atomic mass is 10.3. The minimum Gasteiger partial charge on any atom is -0.480 e. The number of hydrogen-bond acceptors (Lipinski definition) is 6. The molecule has 1 N–H and O–H groups in total. The molecule has 0 bridgehead atoms. The van der Waals surface area contributed by atoms with Crippen molar-refractivity contribution < 1.29 is 9.37 Å². The molecule has 0 aromatic carbocycles. The third-order valence-electron chi connectivity index (χ3n) is 1.58. The third kappa shape index (κ3) is 1.35. The van der Waals surface area contributed by atoms with Gasteiger partial charge in [0.05, 0.1) is 7.11 Å². The normalized spacial score (nSPS) is 10.1. The zero-order valence-corrected chi connectivity index (χ0v) is 7.22.